The van der Waals surface area contributed by atoms with Crippen LogP contribution in [-0.2, 0) is 4.79 Å². The molecule has 0 bridgehead atoms. The first kappa shape index (κ1) is 28.9. The van der Waals surface area contributed by atoms with Gasteiger partial charge in [-0.2, -0.15) is 0 Å². The number of nitrogens with one attached hydrogen (secondary N) is 1. The predicted molar refractivity (Wildman–Crippen MR) is 173 cm³/mol. The number of ether oxygens (including phenoxy) is 1. The largest absolute Gasteiger partial charge is 0.456 e. The van der Waals surface area contributed by atoms with Gasteiger partial charge < -0.3 is 28.8 Å². The summed E-state index contributed by atoms with van der Waals surface area (Å²) in [5.74, 6) is 0.310. The molecule has 0 spiro atoms. The summed E-state index contributed by atoms with van der Waals surface area (Å²) in [4.78, 5) is 43.3. The number of fused-ring (bicyclic) bond motifs is 5. The molecule has 45 heavy (non-hydrogen) atoms. The molecular formula is C35H35FN4O5. The van der Waals surface area contributed by atoms with Gasteiger partial charge in [-0.1, -0.05) is 32.1 Å². The highest BCUT2D eigenvalue weighted by Gasteiger charge is 2.34. The van der Waals surface area contributed by atoms with E-state index in [9.17, 15) is 14.4 Å². The molecule has 1 atom stereocenters. The molecule has 1 aliphatic carbocycles. The molecule has 1 fully saturated rings. The molecule has 1 N–H and O–H groups in total. The number of halogens is 1. The fraction of sp³-hybridized carbons (Fsp3) is 0.343. The molecule has 2 amide bonds. The van der Waals surface area contributed by atoms with E-state index in [0.717, 1.165) is 29.6 Å². The predicted octanol–water partition coefficient (Wildman–Crippen LogP) is 6.39. The van der Waals surface area contributed by atoms with Crippen LogP contribution in [0.25, 0.3) is 39.7 Å². The van der Waals surface area contributed by atoms with Gasteiger partial charge in [-0.15, -0.1) is 0 Å². The quantitative estimate of drug-likeness (QED) is 0.230. The molecular weight excluding hydrogens is 575 g/mol. The van der Waals surface area contributed by atoms with Crippen molar-refractivity contribution < 1.29 is 23.1 Å². The van der Waals surface area contributed by atoms with Crippen LogP contribution in [0.3, 0.4) is 0 Å². The topological polar surface area (TPSA) is 97.0 Å². The number of aromatic nitrogens is 1. The van der Waals surface area contributed by atoms with Crippen molar-refractivity contribution >= 4 is 51.5 Å². The van der Waals surface area contributed by atoms with Crippen LogP contribution in [0.15, 0.2) is 45.8 Å². The smallest absolute Gasteiger partial charge is 0.259 e. The Morgan fingerprint density at radius 3 is 2.71 bits per heavy atom. The van der Waals surface area contributed by atoms with E-state index < -0.39 is 17.2 Å². The van der Waals surface area contributed by atoms with Crippen molar-refractivity contribution in [3.8, 4) is 17.2 Å². The van der Waals surface area contributed by atoms with Crippen molar-refractivity contribution in [2.75, 3.05) is 31.1 Å². The molecule has 10 heteroatoms. The molecule has 2 aromatic heterocycles. The Balaban J connectivity index is 1.44. The molecule has 7 rings (SSSR count). The third-order valence-electron chi connectivity index (χ3n) is 8.89. The lowest BCUT2D eigenvalue weighted by atomic mass is 10.0. The van der Waals surface area contributed by atoms with Crippen LogP contribution in [0.2, 0.25) is 0 Å². The van der Waals surface area contributed by atoms with Gasteiger partial charge >= 0.3 is 0 Å². The van der Waals surface area contributed by atoms with Crippen molar-refractivity contribution in [1.82, 2.24) is 14.8 Å². The number of anilines is 1. The number of amides is 2. The Bertz CT molecular complexity index is 2010. The zero-order chi connectivity index (χ0) is 31.4. The number of allylic oxidation sites excluding steroid dienone is 2. The maximum absolute atomic E-state index is 16.1. The average molecular weight is 611 g/mol. The van der Waals surface area contributed by atoms with E-state index in [1.165, 1.54) is 6.07 Å². The maximum Gasteiger partial charge on any atom is 0.259 e. The molecule has 1 saturated heterocycles. The molecule has 232 valence electrons. The molecule has 4 aromatic rings. The van der Waals surface area contributed by atoms with E-state index in [1.54, 1.807) is 22.6 Å². The lowest BCUT2D eigenvalue weighted by Gasteiger charge is -2.30. The minimum atomic E-state index is -0.584. The highest BCUT2D eigenvalue weighted by molar-refractivity contribution is 6.02. The lowest BCUT2D eigenvalue weighted by molar-refractivity contribution is -0.121. The molecule has 1 unspecified atom stereocenters. The Morgan fingerprint density at radius 2 is 1.93 bits per heavy atom. The minimum absolute atomic E-state index is 0.0616. The first-order chi connectivity index (χ1) is 21.8. The van der Waals surface area contributed by atoms with Gasteiger partial charge in [-0.3, -0.25) is 14.4 Å². The highest BCUT2D eigenvalue weighted by atomic mass is 19.1. The number of benzene rings is 2. The first-order valence-corrected chi connectivity index (χ1v) is 15.7. The molecule has 0 radical (unpaired) electrons. The standard InChI is InChI=1S/C35H35FN4O5/c1-4-13-38(6-3)32-25(36)15-23-31-34(32)45-29-16-22-21-10-8-7-9-11-27(21)44-28(22)17-26(29)40(31)19-24(33(23)42)35(43)39-14-12-20(18-39)37-30(41)5-2/h8-11,15-17,19-20H,4-7,12-14,18H2,1-3H3,(H,37,41). The Kier molecular flexibility index (Phi) is 7.22. The van der Waals surface area contributed by atoms with Crippen molar-refractivity contribution in [3.05, 3.63) is 69.5 Å². The van der Waals surface area contributed by atoms with Crippen LogP contribution in [0, 0.1) is 5.82 Å². The van der Waals surface area contributed by atoms with Gasteiger partial charge in [0.1, 0.15) is 28.1 Å². The normalized spacial score (nSPS) is 16.4. The zero-order valence-electron chi connectivity index (χ0n) is 25.6. The van der Waals surface area contributed by atoms with Gasteiger partial charge in [-0.25, -0.2) is 4.39 Å². The Labute approximate surface area is 259 Å². The first-order valence-electron chi connectivity index (χ1n) is 15.7. The lowest BCUT2D eigenvalue weighted by Crippen LogP contribution is -2.39. The van der Waals surface area contributed by atoms with Gasteiger partial charge in [0.15, 0.2) is 17.3 Å². The Morgan fingerprint density at radius 1 is 1.11 bits per heavy atom. The maximum atomic E-state index is 16.1. The molecule has 9 nitrogen and oxygen atoms in total. The second-order valence-corrected chi connectivity index (χ2v) is 11.8. The number of carbonyl (C=O) groups excluding carboxylic acids is 2. The summed E-state index contributed by atoms with van der Waals surface area (Å²) < 4.78 is 30.7. The van der Waals surface area contributed by atoms with Crippen LogP contribution in [0.5, 0.6) is 11.5 Å². The summed E-state index contributed by atoms with van der Waals surface area (Å²) in [6.45, 7) is 7.58. The number of likely N-dealkylation sites (tertiary alicyclic amines) is 1. The molecule has 2 aliphatic heterocycles. The second-order valence-electron chi connectivity index (χ2n) is 11.8. The van der Waals surface area contributed by atoms with E-state index in [-0.39, 0.29) is 34.3 Å². The van der Waals surface area contributed by atoms with E-state index >= 15 is 4.39 Å². The van der Waals surface area contributed by atoms with Gasteiger partial charge in [0.2, 0.25) is 11.3 Å². The minimum Gasteiger partial charge on any atom is -0.456 e. The molecule has 3 aliphatic rings. The van der Waals surface area contributed by atoms with Gasteiger partial charge in [0.25, 0.3) is 5.91 Å². The third-order valence-corrected chi connectivity index (χ3v) is 8.89. The third kappa shape index (κ3) is 4.70. The summed E-state index contributed by atoms with van der Waals surface area (Å²) in [5.41, 5.74) is 2.18. The van der Waals surface area contributed by atoms with Crippen LogP contribution in [0.1, 0.15) is 68.1 Å². The van der Waals surface area contributed by atoms with Crippen molar-refractivity contribution in [2.45, 2.75) is 52.5 Å². The van der Waals surface area contributed by atoms with E-state index in [2.05, 4.69) is 11.4 Å². The van der Waals surface area contributed by atoms with Crippen LogP contribution in [0.4, 0.5) is 10.1 Å². The van der Waals surface area contributed by atoms with Crippen LogP contribution < -0.4 is 20.4 Å². The molecule has 0 saturated carbocycles. The van der Waals surface area contributed by atoms with Crippen LogP contribution in [-0.4, -0.2) is 53.5 Å². The average Bonchev–Trinajstić information content (AvgIpc) is 3.56. The van der Waals surface area contributed by atoms with Crippen molar-refractivity contribution in [2.24, 2.45) is 0 Å². The summed E-state index contributed by atoms with van der Waals surface area (Å²) in [6, 6.07) is 4.78. The summed E-state index contributed by atoms with van der Waals surface area (Å²) in [6.07, 6.45) is 12.1. The summed E-state index contributed by atoms with van der Waals surface area (Å²) >= 11 is 0. The van der Waals surface area contributed by atoms with Gasteiger partial charge in [-0.05, 0) is 44.4 Å². The van der Waals surface area contributed by atoms with E-state index in [0.29, 0.717) is 61.6 Å². The second kappa shape index (κ2) is 11.3. The van der Waals surface area contributed by atoms with E-state index in [4.69, 9.17) is 9.15 Å². The monoisotopic (exact) mass is 610 g/mol. The zero-order valence-corrected chi connectivity index (χ0v) is 25.6. The fourth-order valence-corrected chi connectivity index (χ4v) is 6.68. The highest BCUT2D eigenvalue weighted by Crippen LogP contribution is 2.48. The van der Waals surface area contributed by atoms with Crippen LogP contribution >= 0.6 is 0 Å². The SMILES string of the molecule is CCCN(CC)c1c(F)cc2c(=O)c(C(=O)N3CCC(NC(=O)CC)C3)cn3c2c1Oc1cc2c4c(oc2cc1-3)C=CCC=C4. The van der Waals surface area contributed by atoms with Crippen molar-refractivity contribution in [3.63, 3.8) is 0 Å². The number of nitrogens with zero attached hydrogens (tertiary/aromatic N) is 3. The number of hydrogen-bond donors (Lipinski definition) is 1. The molecule has 4 heterocycles. The Hall–Kier alpha value is -4.86. The van der Waals surface area contributed by atoms with E-state index in [1.807, 2.05) is 49.1 Å². The van der Waals surface area contributed by atoms with Gasteiger partial charge in [0, 0.05) is 61.9 Å². The number of hydrogen-bond acceptors (Lipinski definition) is 6. The summed E-state index contributed by atoms with van der Waals surface area (Å²) in [5, 5.41) is 3.84. The fourth-order valence-electron chi connectivity index (χ4n) is 6.68. The number of rotatable bonds is 7. The van der Waals surface area contributed by atoms with Crippen molar-refractivity contribution in [1.29, 1.82) is 0 Å². The number of carbonyl (C=O) groups is 2. The number of furan rings is 1. The van der Waals surface area contributed by atoms with Gasteiger partial charge in [0.05, 0.1) is 11.1 Å². The molecule has 2 aromatic carbocycles. The number of pyridine rings is 1. The summed E-state index contributed by atoms with van der Waals surface area (Å²) in [7, 11) is 0.